The molecule has 1 unspecified atom stereocenters. The zero-order chi connectivity index (χ0) is 19.7. The van der Waals surface area contributed by atoms with E-state index >= 15 is 0 Å². The molecule has 0 spiro atoms. The fourth-order valence-corrected chi connectivity index (χ4v) is 4.41. The molecule has 3 aromatic rings. The van der Waals surface area contributed by atoms with Crippen LogP contribution in [-0.2, 0) is 22.9 Å². The van der Waals surface area contributed by atoms with Crippen molar-refractivity contribution in [1.82, 2.24) is 9.71 Å². The lowest BCUT2D eigenvalue weighted by Crippen LogP contribution is -2.38. The second-order valence-electron chi connectivity index (χ2n) is 7.29. The number of aryl methyl sites for hydroxylation is 2. The molecule has 1 aromatic heterocycles. The Balaban J connectivity index is 1.56. The quantitative estimate of drug-likeness (QED) is 0.684. The van der Waals surface area contributed by atoms with Gasteiger partial charge in [-0.2, -0.15) is 0 Å². The van der Waals surface area contributed by atoms with Crippen LogP contribution in [0.15, 0.2) is 53.1 Å². The predicted molar refractivity (Wildman–Crippen MR) is 110 cm³/mol. The highest BCUT2D eigenvalue weighted by molar-refractivity contribution is 7.88. The van der Waals surface area contributed by atoms with Crippen molar-refractivity contribution in [1.29, 1.82) is 0 Å². The standard InChI is InChI=1S/C21H23N3O3S/c1-14-6-8-16(9-7-14)20-13-22-21(27-20)23-19-5-3-4-15-10-11-17(12-18(15)19)24-28(2,25)26/h3-9,13,17,24H,10-12H2,1-2H3,(H,22,23). The number of nitrogens with zero attached hydrogens (tertiary/aromatic N) is 1. The van der Waals surface area contributed by atoms with Crippen molar-refractivity contribution in [3.63, 3.8) is 0 Å². The van der Waals surface area contributed by atoms with Crippen molar-refractivity contribution in [2.45, 2.75) is 32.2 Å². The first-order chi connectivity index (χ1) is 13.4. The van der Waals surface area contributed by atoms with Gasteiger partial charge in [0.15, 0.2) is 5.76 Å². The Morgan fingerprint density at radius 3 is 2.68 bits per heavy atom. The van der Waals surface area contributed by atoms with Crippen molar-refractivity contribution in [3.8, 4) is 11.3 Å². The van der Waals surface area contributed by atoms with Crippen molar-refractivity contribution in [2.75, 3.05) is 11.6 Å². The third-order valence-corrected chi connectivity index (χ3v) is 5.71. The second kappa shape index (κ2) is 7.41. The van der Waals surface area contributed by atoms with Crippen LogP contribution in [0.25, 0.3) is 11.3 Å². The zero-order valence-corrected chi connectivity index (χ0v) is 16.7. The van der Waals surface area contributed by atoms with Crippen LogP contribution in [0.3, 0.4) is 0 Å². The van der Waals surface area contributed by atoms with Gasteiger partial charge >= 0.3 is 0 Å². The number of fused-ring (bicyclic) bond motifs is 1. The van der Waals surface area contributed by atoms with E-state index in [2.05, 4.69) is 21.1 Å². The van der Waals surface area contributed by atoms with Gasteiger partial charge in [-0.1, -0.05) is 42.0 Å². The van der Waals surface area contributed by atoms with E-state index in [0.717, 1.165) is 29.7 Å². The van der Waals surface area contributed by atoms with Crippen molar-refractivity contribution < 1.29 is 12.8 Å². The average molecular weight is 398 g/mol. The highest BCUT2D eigenvalue weighted by Gasteiger charge is 2.23. The second-order valence-corrected chi connectivity index (χ2v) is 9.07. The zero-order valence-electron chi connectivity index (χ0n) is 15.9. The van der Waals surface area contributed by atoms with E-state index < -0.39 is 10.0 Å². The van der Waals surface area contributed by atoms with E-state index in [1.807, 2.05) is 43.3 Å². The molecule has 7 heteroatoms. The maximum Gasteiger partial charge on any atom is 0.299 e. The number of rotatable bonds is 5. The highest BCUT2D eigenvalue weighted by Crippen LogP contribution is 2.31. The molecule has 2 N–H and O–H groups in total. The summed E-state index contributed by atoms with van der Waals surface area (Å²) >= 11 is 0. The van der Waals surface area contributed by atoms with Crippen LogP contribution in [0.4, 0.5) is 11.7 Å². The number of aromatic nitrogens is 1. The van der Waals surface area contributed by atoms with Crippen LogP contribution in [0, 0.1) is 6.92 Å². The van der Waals surface area contributed by atoms with Gasteiger partial charge in [0.25, 0.3) is 6.01 Å². The van der Waals surface area contributed by atoms with E-state index in [4.69, 9.17) is 4.42 Å². The maximum atomic E-state index is 11.6. The smallest absolute Gasteiger partial charge is 0.299 e. The third-order valence-electron chi connectivity index (χ3n) is 4.95. The minimum atomic E-state index is -3.23. The molecule has 6 nitrogen and oxygen atoms in total. The first-order valence-electron chi connectivity index (χ1n) is 9.25. The van der Waals surface area contributed by atoms with Gasteiger partial charge in [-0.3, -0.25) is 0 Å². The van der Waals surface area contributed by atoms with Crippen molar-refractivity contribution >= 4 is 21.7 Å². The van der Waals surface area contributed by atoms with Crippen LogP contribution < -0.4 is 10.0 Å². The lowest BCUT2D eigenvalue weighted by Gasteiger charge is -2.26. The summed E-state index contributed by atoms with van der Waals surface area (Å²) in [6, 6.07) is 14.5. The van der Waals surface area contributed by atoms with E-state index in [-0.39, 0.29) is 6.04 Å². The molecule has 0 fully saturated rings. The lowest BCUT2D eigenvalue weighted by atomic mass is 9.87. The molecule has 1 atom stereocenters. The van der Waals surface area contributed by atoms with E-state index in [0.29, 0.717) is 18.2 Å². The number of hydrogen-bond acceptors (Lipinski definition) is 5. The molecule has 1 aliphatic carbocycles. The predicted octanol–water partition coefficient (Wildman–Crippen LogP) is 3.80. The van der Waals surface area contributed by atoms with Gasteiger partial charge < -0.3 is 9.73 Å². The molecule has 0 aliphatic heterocycles. The summed E-state index contributed by atoms with van der Waals surface area (Å²) in [7, 11) is -3.23. The lowest BCUT2D eigenvalue weighted by molar-refractivity contribution is 0.511. The van der Waals surface area contributed by atoms with Crippen molar-refractivity contribution in [2.24, 2.45) is 0 Å². The Bertz CT molecular complexity index is 1090. The summed E-state index contributed by atoms with van der Waals surface area (Å²) in [6.07, 6.45) is 5.16. The normalized spacial score (nSPS) is 16.6. The van der Waals surface area contributed by atoms with E-state index in [1.54, 1.807) is 6.20 Å². The molecule has 28 heavy (non-hydrogen) atoms. The van der Waals surface area contributed by atoms with Crippen LogP contribution in [0.5, 0.6) is 0 Å². The molecule has 0 radical (unpaired) electrons. The third kappa shape index (κ3) is 4.26. The van der Waals surface area contributed by atoms with Crippen LogP contribution in [-0.4, -0.2) is 25.7 Å². The summed E-state index contributed by atoms with van der Waals surface area (Å²) in [4.78, 5) is 4.35. The summed E-state index contributed by atoms with van der Waals surface area (Å²) < 4.78 is 31.8. The van der Waals surface area contributed by atoms with Crippen LogP contribution in [0.2, 0.25) is 0 Å². The van der Waals surface area contributed by atoms with Gasteiger partial charge in [0, 0.05) is 17.3 Å². The monoisotopic (exact) mass is 397 g/mol. The van der Waals surface area contributed by atoms with Gasteiger partial charge in [-0.15, -0.1) is 0 Å². The molecule has 0 saturated carbocycles. The molecule has 2 aromatic carbocycles. The molecule has 0 saturated heterocycles. The van der Waals surface area contributed by atoms with Gasteiger partial charge in [0.2, 0.25) is 10.0 Å². The number of hydrogen-bond donors (Lipinski definition) is 2. The molecular weight excluding hydrogens is 374 g/mol. The number of sulfonamides is 1. The maximum absolute atomic E-state index is 11.6. The molecule has 0 bridgehead atoms. The molecule has 0 amide bonds. The molecule has 146 valence electrons. The first kappa shape index (κ1) is 18.7. The molecule has 4 rings (SSSR count). The Hall–Kier alpha value is -2.64. The Morgan fingerprint density at radius 2 is 1.93 bits per heavy atom. The average Bonchev–Trinajstić information content (AvgIpc) is 3.10. The summed E-state index contributed by atoms with van der Waals surface area (Å²) in [5.41, 5.74) is 5.38. The molecule has 1 aliphatic rings. The number of nitrogens with one attached hydrogen (secondary N) is 2. The number of anilines is 2. The number of benzene rings is 2. The van der Waals surface area contributed by atoms with Gasteiger partial charge in [0.1, 0.15) is 0 Å². The molecule has 1 heterocycles. The van der Waals surface area contributed by atoms with Crippen LogP contribution in [0.1, 0.15) is 23.1 Å². The topological polar surface area (TPSA) is 84.2 Å². The highest BCUT2D eigenvalue weighted by atomic mass is 32.2. The van der Waals surface area contributed by atoms with Crippen LogP contribution >= 0.6 is 0 Å². The summed E-state index contributed by atoms with van der Waals surface area (Å²) in [5, 5.41) is 3.26. The number of oxazole rings is 1. The van der Waals surface area contributed by atoms with Gasteiger partial charge in [0.05, 0.1) is 12.5 Å². The minimum Gasteiger partial charge on any atom is -0.423 e. The fourth-order valence-electron chi connectivity index (χ4n) is 3.61. The SMILES string of the molecule is Cc1ccc(-c2cnc(Nc3cccc4c3CC(NS(C)(=O)=O)CC4)o2)cc1. The van der Waals surface area contributed by atoms with Crippen molar-refractivity contribution in [3.05, 3.63) is 65.4 Å². The Kier molecular flexibility index (Phi) is 4.95. The minimum absolute atomic E-state index is 0.0990. The first-order valence-corrected chi connectivity index (χ1v) is 11.1. The Morgan fingerprint density at radius 1 is 1.14 bits per heavy atom. The Labute approximate surface area is 165 Å². The molecular formula is C21H23N3O3S. The largest absolute Gasteiger partial charge is 0.423 e. The van der Waals surface area contributed by atoms with E-state index in [1.165, 1.54) is 17.4 Å². The summed E-state index contributed by atoms with van der Waals surface area (Å²) in [6.45, 7) is 2.04. The summed E-state index contributed by atoms with van der Waals surface area (Å²) in [5.74, 6) is 0.698. The van der Waals surface area contributed by atoms with E-state index in [9.17, 15) is 8.42 Å². The van der Waals surface area contributed by atoms with Gasteiger partial charge in [-0.05, 0) is 43.4 Å². The fraction of sp³-hybridized carbons (Fsp3) is 0.286. The van der Waals surface area contributed by atoms with Gasteiger partial charge in [-0.25, -0.2) is 18.1 Å².